The van der Waals surface area contributed by atoms with Gasteiger partial charge in [0.2, 0.25) is 5.75 Å². The number of rotatable bonds is 66. The monoisotopic (exact) mass is 1800 g/mol. The molecule has 0 aromatic heterocycles. The Morgan fingerprint density at radius 2 is 0.516 bits per heavy atom. The van der Waals surface area contributed by atoms with Crippen molar-refractivity contribution < 1.29 is 52.3 Å². The second kappa shape index (κ2) is 52.9. The molecule has 2 heterocycles. The van der Waals surface area contributed by atoms with Gasteiger partial charge < -0.3 is 33.2 Å². The van der Waals surface area contributed by atoms with Crippen LogP contribution < -0.4 is 43.0 Å². The maximum atomic E-state index is 16.5. The molecule has 672 valence electrons. The van der Waals surface area contributed by atoms with Gasteiger partial charge in [-0.05, 0) is 152 Å². The number of fused-ring (bicyclic) bond motifs is 2. The van der Waals surface area contributed by atoms with Crippen LogP contribution >= 0.6 is 22.6 Å². The number of carbonyl (C=O) groups is 4. The number of anilines is 2. The molecule has 9 aromatic carbocycles. The molecule has 0 atom stereocenters. The minimum atomic E-state index is -0.547. The lowest BCUT2D eigenvalue weighted by atomic mass is 9.81. The molecule has 2 aliphatic heterocycles. The number of halogens is 1. The predicted molar refractivity (Wildman–Crippen MR) is 525 cm³/mol. The Morgan fingerprint density at radius 3 is 0.839 bits per heavy atom. The fourth-order valence-electron chi connectivity index (χ4n) is 18.4. The second-order valence-corrected chi connectivity index (χ2v) is 37.0. The molecule has 14 heteroatoms. The fraction of sp³-hybridized carbons (Fsp3) is 0.564. The predicted octanol–water partition coefficient (Wildman–Crippen LogP) is 33.6. The van der Waals surface area contributed by atoms with Gasteiger partial charge in [0.05, 0.1) is 55.5 Å². The third kappa shape index (κ3) is 27.2. The number of aryl methyl sites for hydroxylation is 2. The molecule has 0 fully saturated rings. The Labute approximate surface area is 758 Å². The van der Waals surface area contributed by atoms with E-state index >= 15 is 19.2 Å². The normalized spacial score (nSPS) is 12.7. The van der Waals surface area contributed by atoms with Crippen molar-refractivity contribution in [2.45, 2.75) is 370 Å². The number of hydrogen-bond acceptors (Lipinski definition) is 11. The smallest absolute Gasteiger partial charge is 0.266 e. The molecule has 13 nitrogen and oxygen atoms in total. The first kappa shape index (κ1) is 96.5. The van der Waals surface area contributed by atoms with E-state index in [9.17, 15) is 0 Å². The SMILES string of the molecule is CCCCCCCCCCCCOc1cc(N2C(=O)c3ccc4c5c(Oc6ccc(I)cc6)cc6c7c(ccc(c8c(Oc9ccc(C)cc9)cc(c3c48)C2=O)c75)C(=O)N(c2cc(OCCCCCCCCCCCC)c(OCCCCCCCCCCCC)c(OCCCCCCCCCCCC)c2)C6=O)cc(C)c1OCCCCCCCCCCCC. The van der Waals surface area contributed by atoms with Crippen LogP contribution in [0.2, 0.25) is 0 Å². The Kier molecular flexibility index (Phi) is 41.2. The molecular weight excluding hydrogens is 1650 g/mol. The molecule has 2 aliphatic rings. The zero-order valence-electron chi connectivity index (χ0n) is 77.0. The number of nitrogens with zero attached hydrogens (tertiary/aromatic N) is 2. The summed E-state index contributed by atoms with van der Waals surface area (Å²) in [6.45, 7) is 17.6. The molecule has 0 bridgehead atoms. The minimum Gasteiger partial charge on any atom is -0.490 e. The summed E-state index contributed by atoms with van der Waals surface area (Å²) in [7, 11) is 0. The van der Waals surface area contributed by atoms with Gasteiger partial charge in [-0.1, -0.05) is 353 Å². The van der Waals surface area contributed by atoms with Gasteiger partial charge in [-0.3, -0.25) is 19.2 Å². The number of carbonyl (C=O) groups excluding carboxylic acids is 4. The zero-order chi connectivity index (χ0) is 87.0. The largest absolute Gasteiger partial charge is 0.490 e. The molecule has 9 aromatic rings. The standard InChI is InChI=1S/C110H149IN2O11/c1-8-13-18-23-28-33-38-43-48-53-70-118-96-76-84(75-82(7)105(96)121-73-56-51-46-41-36-31-26-21-16-11-4)112-107(114)90-68-66-89-102-95(124-87-64-60-83(111)61-65-87)80-93-100-91(69-67-88(104(100)102)101-94(123-86-62-58-81(6)59-63-86)79-92(109(112)116)99(90)103(89)101)108(115)113(110(93)117)85-77-97(119-71-54-49-44-39-34-29-24-19-14-9-2)106(122-74-57-52-47-42-37-32-27-22-17-12-5)98(78-85)120-72-55-50-45-40-35-30-25-20-15-10-3/h58-69,75-80H,8-57,70-74H2,1-7H3. The summed E-state index contributed by atoms with van der Waals surface area (Å²) in [5.41, 5.74) is 3.66. The summed E-state index contributed by atoms with van der Waals surface area (Å²) in [5.74, 6) is 2.20. The number of amides is 4. The van der Waals surface area contributed by atoms with Crippen LogP contribution in [0.3, 0.4) is 0 Å². The van der Waals surface area contributed by atoms with E-state index in [1.807, 2.05) is 111 Å². The van der Waals surface area contributed by atoms with E-state index in [1.54, 1.807) is 12.1 Å². The van der Waals surface area contributed by atoms with Crippen LogP contribution in [0.5, 0.6) is 51.7 Å². The van der Waals surface area contributed by atoms with Crippen molar-refractivity contribution in [3.05, 3.63) is 146 Å². The van der Waals surface area contributed by atoms with Crippen LogP contribution in [0.25, 0.3) is 43.1 Å². The second-order valence-electron chi connectivity index (χ2n) is 35.8. The maximum absolute atomic E-state index is 16.5. The highest BCUT2D eigenvalue weighted by Gasteiger charge is 2.41. The Balaban J connectivity index is 0.976. The summed E-state index contributed by atoms with van der Waals surface area (Å²) in [6.07, 6.45) is 59.7. The maximum Gasteiger partial charge on any atom is 0.266 e. The zero-order valence-corrected chi connectivity index (χ0v) is 79.2. The third-order valence-electron chi connectivity index (χ3n) is 25.6. The van der Waals surface area contributed by atoms with Crippen LogP contribution in [-0.2, 0) is 0 Å². The molecule has 0 spiro atoms. The lowest BCUT2D eigenvalue weighted by Crippen LogP contribution is -2.40. The Bertz CT molecular complexity index is 4730. The van der Waals surface area contributed by atoms with Crippen molar-refractivity contribution in [3.8, 4) is 51.7 Å². The minimum absolute atomic E-state index is 0.256. The lowest BCUT2D eigenvalue weighted by Gasteiger charge is -2.32. The summed E-state index contributed by atoms with van der Waals surface area (Å²) in [6, 6.07) is 34.0. The summed E-state index contributed by atoms with van der Waals surface area (Å²) in [5, 5.41) is 4.61. The number of benzene rings is 9. The van der Waals surface area contributed by atoms with E-state index in [1.165, 1.54) is 241 Å². The van der Waals surface area contributed by atoms with E-state index in [4.69, 9.17) is 33.2 Å². The van der Waals surface area contributed by atoms with Gasteiger partial charge >= 0.3 is 0 Å². The van der Waals surface area contributed by atoms with E-state index in [0.717, 1.165) is 105 Å². The van der Waals surface area contributed by atoms with Crippen molar-refractivity contribution in [1.29, 1.82) is 0 Å². The summed E-state index contributed by atoms with van der Waals surface area (Å²) in [4.78, 5) is 67.5. The van der Waals surface area contributed by atoms with Gasteiger partial charge in [0, 0.05) is 65.2 Å². The van der Waals surface area contributed by atoms with E-state index < -0.39 is 23.6 Å². The van der Waals surface area contributed by atoms with Crippen LogP contribution in [0.1, 0.15) is 408 Å². The number of ether oxygens (including phenoxy) is 7. The first-order chi connectivity index (χ1) is 60.9. The van der Waals surface area contributed by atoms with Crippen LogP contribution in [0, 0.1) is 17.4 Å². The van der Waals surface area contributed by atoms with Crippen LogP contribution in [0.4, 0.5) is 11.4 Å². The Hall–Kier alpha value is -8.11. The molecule has 0 saturated carbocycles. The van der Waals surface area contributed by atoms with Gasteiger partial charge in [0.25, 0.3) is 23.6 Å². The summed E-state index contributed by atoms with van der Waals surface area (Å²) < 4.78 is 49.6. The molecule has 11 rings (SSSR count). The van der Waals surface area contributed by atoms with Crippen molar-refractivity contribution in [1.82, 2.24) is 0 Å². The van der Waals surface area contributed by atoms with Crippen molar-refractivity contribution in [2.24, 2.45) is 0 Å². The molecular formula is C110H149IN2O11. The average molecular weight is 1800 g/mol. The highest BCUT2D eigenvalue weighted by atomic mass is 127. The third-order valence-corrected chi connectivity index (χ3v) is 26.3. The average Bonchev–Trinajstić information content (AvgIpc) is 0.678. The van der Waals surface area contributed by atoms with E-state index in [2.05, 4.69) is 57.2 Å². The number of hydrogen-bond donors (Lipinski definition) is 0. The molecule has 124 heavy (non-hydrogen) atoms. The van der Waals surface area contributed by atoms with Gasteiger partial charge in [-0.25, -0.2) is 9.80 Å². The summed E-state index contributed by atoms with van der Waals surface area (Å²) >= 11 is 2.29. The van der Waals surface area contributed by atoms with Gasteiger partial charge in [0.1, 0.15) is 23.0 Å². The molecule has 0 N–H and O–H groups in total. The van der Waals surface area contributed by atoms with Crippen molar-refractivity contribution >= 4 is 101 Å². The van der Waals surface area contributed by atoms with Gasteiger partial charge in [-0.2, -0.15) is 0 Å². The molecule has 4 amide bonds. The highest BCUT2D eigenvalue weighted by Crippen LogP contribution is 2.55. The van der Waals surface area contributed by atoms with Crippen LogP contribution in [0.15, 0.2) is 109 Å². The van der Waals surface area contributed by atoms with Gasteiger partial charge in [0.15, 0.2) is 23.0 Å². The van der Waals surface area contributed by atoms with Crippen molar-refractivity contribution in [2.75, 3.05) is 42.8 Å². The Morgan fingerprint density at radius 1 is 0.250 bits per heavy atom. The van der Waals surface area contributed by atoms with Crippen LogP contribution in [-0.4, -0.2) is 56.7 Å². The first-order valence-electron chi connectivity index (χ1n) is 49.6. The number of imide groups is 2. The highest BCUT2D eigenvalue weighted by molar-refractivity contribution is 14.1. The topological polar surface area (TPSA) is 139 Å². The van der Waals surface area contributed by atoms with Crippen molar-refractivity contribution in [3.63, 3.8) is 0 Å². The first-order valence-corrected chi connectivity index (χ1v) is 50.7. The van der Waals surface area contributed by atoms with E-state index in [-0.39, 0.29) is 11.1 Å². The molecule has 0 radical (unpaired) electrons. The quantitative estimate of drug-likeness (QED) is 0.0118. The van der Waals surface area contributed by atoms with E-state index in [0.29, 0.717) is 150 Å². The lowest BCUT2D eigenvalue weighted by molar-refractivity contribution is 0.0877. The molecule has 0 unspecified atom stereocenters. The fourth-order valence-corrected chi connectivity index (χ4v) is 18.8. The molecule has 0 aliphatic carbocycles. The van der Waals surface area contributed by atoms with Gasteiger partial charge in [-0.15, -0.1) is 0 Å². The number of unbranched alkanes of at least 4 members (excludes halogenated alkanes) is 45. The molecule has 0 saturated heterocycles.